The van der Waals surface area contributed by atoms with Crippen LogP contribution in [0.1, 0.15) is 32.2 Å². The first-order valence-corrected chi connectivity index (χ1v) is 7.55. The van der Waals surface area contributed by atoms with Gasteiger partial charge in [-0.25, -0.2) is 0 Å². The molecule has 1 heterocycles. The summed E-state index contributed by atoms with van der Waals surface area (Å²) in [6.07, 6.45) is 0. The minimum absolute atomic E-state index is 0.110. The Bertz CT molecular complexity index is 584. The highest BCUT2D eigenvalue weighted by Crippen LogP contribution is 2.29. The van der Waals surface area contributed by atoms with Crippen LogP contribution in [0.4, 0.5) is 0 Å². The normalized spacial score (nSPS) is 11.8. The SMILES string of the molecule is Cc1nnc(Sc2ccccc2CNC(C)(C)C)n1C. The van der Waals surface area contributed by atoms with Crippen molar-refractivity contribution in [3.05, 3.63) is 35.7 Å². The summed E-state index contributed by atoms with van der Waals surface area (Å²) in [5.41, 5.74) is 1.40. The Morgan fingerprint density at radius 2 is 1.90 bits per heavy atom. The Hall–Kier alpha value is -1.33. The predicted molar refractivity (Wildman–Crippen MR) is 82.9 cm³/mol. The van der Waals surface area contributed by atoms with Crippen molar-refractivity contribution in [3.8, 4) is 0 Å². The number of nitrogens with one attached hydrogen (secondary N) is 1. The third-order valence-corrected chi connectivity index (χ3v) is 4.19. The predicted octanol–water partition coefficient (Wildman–Crippen LogP) is 3.16. The van der Waals surface area contributed by atoms with Crippen LogP contribution >= 0.6 is 11.8 Å². The standard InChI is InChI=1S/C15H22N4S/c1-11-17-18-14(19(11)5)20-13-9-7-6-8-12(13)10-16-15(2,3)4/h6-9,16H,10H2,1-5H3. The van der Waals surface area contributed by atoms with Gasteiger partial charge < -0.3 is 9.88 Å². The van der Waals surface area contributed by atoms with Crippen molar-refractivity contribution < 1.29 is 0 Å². The Kier molecular flexibility index (Phi) is 4.50. The summed E-state index contributed by atoms with van der Waals surface area (Å²) in [5.74, 6) is 0.929. The summed E-state index contributed by atoms with van der Waals surface area (Å²) in [6.45, 7) is 9.34. The molecule has 0 unspecified atom stereocenters. The van der Waals surface area contributed by atoms with Crippen LogP contribution in [0.25, 0.3) is 0 Å². The minimum Gasteiger partial charge on any atom is -0.309 e. The van der Waals surface area contributed by atoms with Gasteiger partial charge in [0.15, 0.2) is 5.16 Å². The molecule has 0 amide bonds. The Morgan fingerprint density at radius 3 is 2.50 bits per heavy atom. The molecule has 1 aromatic carbocycles. The van der Waals surface area contributed by atoms with Crippen LogP contribution in [0.5, 0.6) is 0 Å². The molecule has 0 fully saturated rings. The van der Waals surface area contributed by atoms with Gasteiger partial charge in [-0.3, -0.25) is 0 Å². The third kappa shape index (κ3) is 3.84. The fourth-order valence-corrected chi connectivity index (χ4v) is 2.65. The number of aromatic nitrogens is 3. The second-order valence-electron chi connectivity index (χ2n) is 5.90. The molecule has 108 valence electrons. The highest BCUT2D eigenvalue weighted by Gasteiger charge is 2.13. The van der Waals surface area contributed by atoms with Gasteiger partial charge in [0, 0.05) is 24.0 Å². The van der Waals surface area contributed by atoms with Crippen molar-refractivity contribution in [2.45, 2.75) is 49.8 Å². The average Bonchev–Trinajstić information content (AvgIpc) is 2.69. The summed E-state index contributed by atoms with van der Waals surface area (Å²) in [7, 11) is 1.99. The molecule has 0 aliphatic heterocycles. The number of hydrogen-bond acceptors (Lipinski definition) is 4. The first kappa shape index (κ1) is 15.1. The number of nitrogens with zero attached hydrogens (tertiary/aromatic N) is 3. The van der Waals surface area contributed by atoms with E-state index >= 15 is 0 Å². The lowest BCUT2D eigenvalue weighted by Crippen LogP contribution is -2.35. The van der Waals surface area contributed by atoms with E-state index in [1.54, 1.807) is 11.8 Å². The Morgan fingerprint density at radius 1 is 1.20 bits per heavy atom. The number of hydrogen-bond donors (Lipinski definition) is 1. The van der Waals surface area contributed by atoms with E-state index in [2.05, 4.69) is 60.6 Å². The van der Waals surface area contributed by atoms with E-state index in [9.17, 15) is 0 Å². The minimum atomic E-state index is 0.110. The third-order valence-electron chi connectivity index (χ3n) is 3.04. The molecular weight excluding hydrogens is 268 g/mol. The molecule has 0 atom stereocenters. The van der Waals surface area contributed by atoms with Gasteiger partial charge in [-0.2, -0.15) is 0 Å². The molecule has 2 aromatic rings. The largest absolute Gasteiger partial charge is 0.309 e. The fourth-order valence-electron chi connectivity index (χ4n) is 1.68. The smallest absolute Gasteiger partial charge is 0.195 e. The highest BCUT2D eigenvalue weighted by molar-refractivity contribution is 7.99. The van der Waals surface area contributed by atoms with Crippen molar-refractivity contribution in [2.24, 2.45) is 7.05 Å². The zero-order chi connectivity index (χ0) is 14.8. The molecule has 20 heavy (non-hydrogen) atoms. The summed E-state index contributed by atoms with van der Waals surface area (Å²) in [6, 6.07) is 8.43. The number of rotatable bonds is 4. The second kappa shape index (κ2) is 5.97. The van der Waals surface area contributed by atoms with Gasteiger partial charge in [0.25, 0.3) is 0 Å². The summed E-state index contributed by atoms with van der Waals surface area (Å²) >= 11 is 1.66. The van der Waals surface area contributed by atoms with E-state index in [4.69, 9.17) is 0 Å². The van der Waals surface area contributed by atoms with Gasteiger partial charge in [-0.05, 0) is 51.1 Å². The van der Waals surface area contributed by atoms with Crippen LogP contribution in [0.15, 0.2) is 34.3 Å². The summed E-state index contributed by atoms with van der Waals surface area (Å²) in [4.78, 5) is 1.22. The topological polar surface area (TPSA) is 42.7 Å². The van der Waals surface area contributed by atoms with E-state index < -0.39 is 0 Å². The fraction of sp³-hybridized carbons (Fsp3) is 0.467. The number of benzene rings is 1. The quantitative estimate of drug-likeness (QED) is 0.939. The highest BCUT2D eigenvalue weighted by atomic mass is 32.2. The molecule has 0 radical (unpaired) electrons. The Balaban J connectivity index is 2.18. The molecule has 4 nitrogen and oxygen atoms in total. The maximum absolute atomic E-state index is 4.22. The second-order valence-corrected chi connectivity index (χ2v) is 6.91. The first-order chi connectivity index (χ1) is 9.37. The molecule has 0 bridgehead atoms. The zero-order valence-corrected chi connectivity index (χ0v) is 13.6. The molecule has 0 spiro atoms. The lowest BCUT2D eigenvalue weighted by atomic mass is 10.1. The van der Waals surface area contributed by atoms with E-state index in [1.807, 2.05) is 18.5 Å². The van der Waals surface area contributed by atoms with Crippen molar-refractivity contribution in [2.75, 3.05) is 0 Å². The molecule has 0 aliphatic rings. The van der Waals surface area contributed by atoms with Gasteiger partial charge in [-0.1, -0.05) is 18.2 Å². The van der Waals surface area contributed by atoms with E-state index in [-0.39, 0.29) is 5.54 Å². The average molecular weight is 290 g/mol. The van der Waals surface area contributed by atoms with Crippen LogP contribution in [0.2, 0.25) is 0 Å². The van der Waals surface area contributed by atoms with Gasteiger partial charge >= 0.3 is 0 Å². The molecule has 0 saturated heterocycles. The Labute approximate surface area is 125 Å². The molecule has 2 rings (SSSR count). The summed E-state index contributed by atoms with van der Waals surface area (Å²) in [5, 5.41) is 12.8. The van der Waals surface area contributed by atoms with Crippen LogP contribution in [-0.4, -0.2) is 20.3 Å². The van der Waals surface area contributed by atoms with Gasteiger partial charge in [0.2, 0.25) is 0 Å². The lowest BCUT2D eigenvalue weighted by molar-refractivity contribution is 0.422. The molecule has 0 saturated carbocycles. The first-order valence-electron chi connectivity index (χ1n) is 6.73. The van der Waals surface area contributed by atoms with Gasteiger partial charge in [-0.15, -0.1) is 10.2 Å². The maximum atomic E-state index is 4.22. The molecule has 1 aromatic heterocycles. The number of aryl methyl sites for hydroxylation is 1. The maximum Gasteiger partial charge on any atom is 0.195 e. The van der Waals surface area contributed by atoms with Crippen LogP contribution in [-0.2, 0) is 13.6 Å². The lowest BCUT2D eigenvalue weighted by Gasteiger charge is -2.21. The van der Waals surface area contributed by atoms with Crippen molar-refractivity contribution >= 4 is 11.8 Å². The van der Waals surface area contributed by atoms with Crippen LogP contribution < -0.4 is 5.32 Å². The van der Waals surface area contributed by atoms with E-state index in [0.717, 1.165) is 17.5 Å². The summed E-state index contributed by atoms with van der Waals surface area (Å²) < 4.78 is 2.01. The van der Waals surface area contributed by atoms with E-state index in [0.29, 0.717) is 0 Å². The van der Waals surface area contributed by atoms with E-state index in [1.165, 1.54) is 10.5 Å². The molecular formula is C15H22N4S. The van der Waals surface area contributed by atoms with Crippen molar-refractivity contribution in [1.29, 1.82) is 0 Å². The van der Waals surface area contributed by atoms with Gasteiger partial charge in [0.1, 0.15) is 5.82 Å². The van der Waals surface area contributed by atoms with Crippen LogP contribution in [0.3, 0.4) is 0 Å². The molecule has 5 heteroatoms. The van der Waals surface area contributed by atoms with Gasteiger partial charge in [0.05, 0.1) is 0 Å². The molecule has 1 N–H and O–H groups in total. The molecule has 0 aliphatic carbocycles. The van der Waals surface area contributed by atoms with Crippen molar-refractivity contribution in [3.63, 3.8) is 0 Å². The monoisotopic (exact) mass is 290 g/mol. The van der Waals surface area contributed by atoms with Crippen molar-refractivity contribution in [1.82, 2.24) is 20.1 Å². The van der Waals surface area contributed by atoms with Crippen LogP contribution in [0, 0.1) is 6.92 Å². The zero-order valence-electron chi connectivity index (χ0n) is 12.8.